The van der Waals surface area contributed by atoms with E-state index in [0.29, 0.717) is 5.92 Å². The predicted molar refractivity (Wildman–Crippen MR) is 82.7 cm³/mol. The maximum Gasteiger partial charge on any atom is -0.00170 e. The van der Waals surface area contributed by atoms with Gasteiger partial charge in [-0.25, -0.2) is 0 Å². The fourth-order valence-electron chi connectivity index (χ4n) is 2.58. The summed E-state index contributed by atoms with van der Waals surface area (Å²) in [6.45, 7) is 10.8. The molecule has 0 aromatic carbocycles. The zero-order valence-electron chi connectivity index (χ0n) is 12.3. The third-order valence-corrected chi connectivity index (χ3v) is 3.60. The molecule has 0 radical (unpaired) electrons. The van der Waals surface area contributed by atoms with Crippen molar-refractivity contribution in [2.45, 2.75) is 59.3 Å². The van der Waals surface area contributed by atoms with Crippen LogP contribution in [0, 0.1) is 5.92 Å². The summed E-state index contributed by atoms with van der Waals surface area (Å²) < 4.78 is 0. The first kappa shape index (κ1) is 15.0. The molecule has 0 heterocycles. The Hall–Kier alpha value is -1.04. The molecule has 1 unspecified atom stereocenters. The lowest BCUT2D eigenvalue weighted by Crippen LogP contribution is -1.93. The monoisotopic (exact) mass is 244 g/mol. The molecule has 0 amide bonds. The summed E-state index contributed by atoms with van der Waals surface area (Å²) in [5, 5.41) is 0. The molecule has 100 valence electrons. The average Bonchev–Trinajstić information content (AvgIpc) is 2.66. The van der Waals surface area contributed by atoms with Gasteiger partial charge < -0.3 is 0 Å². The molecule has 0 spiro atoms. The summed E-state index contributed by atoms with van der Waals surface area (Å²) in [5.74, 6) is 0.695. The van der Waals surface area contributed by atoms with Crippen LogP contribution < -0.4 is 0 Å². The van der Waals surface area contributed by atoms with Gasteiger partial charge in [0.05, 0.1) is 0 Å². The molecule has 0 saturated heterocycles. The maximum atomic E-state index is 4.22. The molecule has 0 N–H and O–H groups in total. The number of allylic oxidation sites excluding steroid dienone is 7. The first-order chi connectivity index (χ1) is 8.67. The van der Waals surface area contributed by atoms with Gasteiger partial charge in [0.1, 0.15) is 0 Å². The summed E-state index contributed by atoms with van der Waals surface area (Å²) in [5.41, 5.74) is 4.41. The molecule has 0 aliphatic heterocycles. The van der Waals surface area contributed by atoms with Gasteiger partial charge in [-0.15, -0.1) is 0 Å². The maximum absolute atomic E-state index is 4.22. The van der Waals surface area contributed by atoms with E-state index in [-0.39, 0.29) is 0 Å². The van der Waals surface area contributed by atoms with Crippen molar-refractivity contribution in [3.8, 4) is 0 Å². The van der Waals surface area contributed by atoms with Crippen molar-refractivity contribution >= 4 is 0 Å². The quantitative estimate of drug-likeness (QED) is 0.364. The van der Waals surface area contributed by atoms with Crippen molar-refractivity contribution in [2.75, 3.05) is 0 Å². The minimum atomic E-state index is 0.695. The third kappa shape index (κ3) is 5.08. The lowest BCUT2D eigenvalue weighted by atomic mass is 9.99. The molecule has 0 heteroatoms. The van der Waals surface area contributed by atoms with Gasteiger partial charge in [-0.1, -0.05) is 55.4 Å². The Bertz CT molecular complexity index is 352. The largest absolute Gasteiger partial charge is 0.0995 e. The van der Waals surface area contributed by atoms with Gasteiger partial charge in [0, 0.05) is 0 Å². The Kier molecular flexibility index (Phi) is 6.78. The van der Waals surface area contributed by atoms with Crippen LogP contribution in [-0.2, 0) is 0 Å². The Morgan fingerprint density at radius 1 is 1.44 bits per heavy atom. The molecule has 1 aliphatic rings. The van der Waals surface area contributed by atoms with E-state index < -0.39 is 0 Å². The molecule has 0 bridgehead atoms. The Morgan fingerprint density at radius 2 is 2.22 bits per heavy atom. The van der Waals surface area contributed by atoms with Crippen molar-refractivity contribution < 1.29 is 0 Å². The minimum Gasteiger partial charge on any atom is -0.0995 e. The van der Waals surface area contributed by atoms with Crippen molar-refractivity contribution in [1.29, 1.82) is 0 Å². The van der Waals surface area contributed by atoms with Crippen LogP contribution in [-0.4, -0.2) is 0 Å². The summed E-state index contributed by atoms with van der Waals surface area (Å²) in [7, 11) is 0. The zero-order valence-corrected chi connectivity index (χ0v) is 12.3. The molecule has 0 aromatic heterocycles. The third-order valence-electron chi connectivity index (χ3n) is 3.60. The highest BCUT2D eigenvalue weighted by Crippen LogP contribution is 2.31. The SMILES string of the molecule is C=C(CCC/C=C\C)CC1=CC(CCC)C(C)=C1. The summed E-state index contributed by atoms with van der Waals surface area (Å²) in [4.78, 5) is 0. The van der Waals surface area contributed by atoms with Crippen LogP contribution in [0.4, 0.5) is 0 Å². The minimum absolute atomic E-state index is 0.695. The summed E-state index contributed by atoms with van der Waals surface area (Å²) in [6, 6.07) is 0. The summed E-state index contributed by atoms with van der Waals surface area (Å²) in [6.07, 6.45) is 16.4. The van der Waals surface area contributed by atoms with Gasteiger partial charge in [0.25, 0.3) is 0 Å². The van der Waals surface area contributed by atoms with Crippen LogP contribution in [0.1, 0.15) is 59.3 Å². The van der Waals surface area contributed by atoms with E-state index >= 15 is 0 Å². The van der Waals surface area contributed by atoms with Gasteiger partial charge in [-0.3, -0.25) is 0 Å². The van der Waals surface area contributed by atoms with E-state index in [2.05, 4.69) is 51.7 Å². The van der Waals surface area contributed by atoms with Crippen LogP contribution in [0.25, 0.3) is 0 Å². The van der Waals surface area contributed by atoms with Crippen LogP contribution >= 0.6 is 0 Å². The molecule has 0 aromatic rings. The number of hydrogen-bond acceptors (Lipinski definition) is 0. The van der Waals surface area contributed by atoms with Crippen molar-refractivity contribution in [3.05, 3.63) is 47.6 Å². The van der Waals surface area contributed by atoms with Crippen LogP contribution in [0.3, 0.4) is 0 Å². The number of rotatable bonds is 8. The van der Waals surface area contributed by atoms with E-state index in [1.807, 2.05) is 0 Å². The second-order valence-corrected chi connectivity index (χ2v) is 5.41. The van der Waals surface area contributed by atoms with Crippen molar-refractivity contribution in [2.24, 2.45) is 5.92 Å². The number of hydrogen-bond donors (Lipinski definition) is 0. The molecule has 1 aliphatic carbocycles. The lowest BCUT2D eigenvalue weighted by Gasteiger charge is -2.06. The highest BCUT2D eigenvalue weighted by Gasteiger charge is 2.14. The Labute approximate surface area is 113 Å². The van der Waals surface area contributed by atoms with Crippen LogP contribution in [0.5, 0.6) is 0 Å². The first-order valence-electron chi connectivity index (χ1n) is 7.34. The van der Waals surface area contributed by atoms with Crippen LogP contribution in [0.15, 0.2) is 47.6 Å². The zero-order chi connectivity index (χ0) is 13.4. The van der Waals surface area contributed by atoms with E-state index in [1.54, 1.807) is 0 Å². The average molecular weight is 244 g/mol. The second kappa shape index (κ2) is 8.13. The first-order valence-corrected chi connectivity index (χ1v) is 7.34. The summed E-state index contributed by atoms with van der Waals surface area (Å²) >= 11 is 0. The van der Waals surface area contributed by atoms with Crippen molar-refractivity contribution in [1.82, 2.24) is 0 Å². The van der Waals surface area contributed by atoms with E-state index in [1.165, 1.54) is 42.4 Å². The molecule has 0 fully saturated rings. The fraction of sp³-hybridized carbons (Fsp3) is 0.556. The van der Waals surface area contributed by atoms with Gasteiger partial charge in [-0.2, -0.15) is 0 Å². The van der Waals surface area contributed by atoms with Gasteiger partial charge in [0.15, 0.2) is 0 Å². The standard InChI is InChI=1S/C18H28/c1-5-7-8-9-11-15(3)12-17-13-16(4)18(14-17)10-6-2/h5,7,13-14,18H,3,6,8-12H2,1-2,4H3/b7-5-. The van der Waals surface area contributed by atoms with E-state index in [9.17, 15) is 0 Å². The normalized spacial score (nSPS) is 19.2. The second-order valence-electron chi connectivity index (χ2n) is 5.41. The molecule has 18 heavy (non-hydrogen) atoms. The molecular formula is C18H28. The van der Waals surface area contributed by atoms with Crippen molar-refractivity contribution in [3.63, 3.8) is 0 Å². The molecule has 1 atom stereocenters. The molecule has 0 nitrogen and oxygen atoms in total. The highest BCUT2D eigenvalue weighted by molar-refractivity contribution is 5.37. The van der Waals surface area contributed by atoms with Gasteiger partial charge in [0.2, 0.25) is 0 Å². The highest BCUT2D eigenvalue weighted by atomic mass is 14.2. The lowest BCUT2D eigenvalue weighted by molar-refractivity contribution is 0.665. The molecule has 1 rings (SSSR count). The molecule has 0 saturated carbocycles. The van der Waals surface area contributed by atoms with Gasteiger partial charge >= 0.3 is 0 Å². The van der Waals surface area contributed by atoms with E-state index in [4.69, 9.17) is 0 Å². The molecular weight excluding hydrogens is 216 g/mol. The smallest absolute Gasteiger partial charge is 0.00170 e. The number of unbranched alkanes of at least 4 members (excludes halogenated alkanes) is 1. The fourth-order valence-corrected chi connectivity index (χ4v) is 2.58. The van der Waals surface area contributed by atoms with Crippen LogP contribution in [0.2, 0.25) is 0 Å². The Balaban J connectivity index is 2.34. The van der Waals surface area contributed by atoms with Gasteiger partial charge in [-0.05, 0) is 57.4 Å². The van der Waals surface area contributed by atoms with E-state index in [0.717, 1.165) is 12.8 Å². The Morgan fingerprint density at radius 3 is 2.89 bits per heavy atom. The predicted octanol–water partition coefficient (Wildman–Crippen LogP) is 5.98. The topological polar surface area (TPSA) is 0 Å².